The number of aromatic amines is 1. The molecule has 4 heteroatoms. The van der Waals surface area contributed by atoms with Crippen LogP contribution in [0.2, 0.25) is 5.02 Å². The van der Waals surface area contributed by atoms with Gasteiger partial charge in [-0.1, -0.05) is 18.2 Å². The topological polar surface area (TPSA) is 53.8 Å². The molecule has 2 aromatic rings. The minimum absolute atomic E-state index is 0.465. The maximum atomic E-state index is 5.89. The second-order valence-electron chi connectivity index (χ2n) is 3.40. The molecule has 0 aliphatic carbocycles. The fourth-order valence-electron chi connectivity index (χ4n) is 1.47. The molecule has 0 bridgehead atoms. The standard InChI is InChI=1S/C11H12ClN3/c1-7(13)14-6-10-5-8-4-9(12)2-3-11(8)15-10/h2-5,14-15H,1,6,13H2. The fraction of sp³-hybridized carbons (Fsp3) is 0.0909. The number of hydrogen-bond donors (Lipinski definition) is 3. The number of H-pyrrole nitrogens is 1. The summed E-state index contributed by atoms with van der Waals surface area (Å²) in [6, 6.07) is 7.78. The van der Waals surface area contributed by atoms with Crippen molar-refractivity contribution >= 4 is 22.5 Å². The molecule has 78 valence electrons. The van der Waals surface area contributed by atoms with Gasteiger partial charge in [-0.2, -0.15) is 0 Å². The molecule has 15 heavy (non-hydrogen) atoms. The highest BCUT2D eigenvalue weighted by molar-refractivity contribution is 6.31. The predicted octanol–water partition coefficient (Wildman–Crippen LogP) is 2.34. The molecule has 0 unspecified atom stereocenters. The van der Waals surface area contributed by atoms with E-state index in [1.165, 1.54) is 0 Å². The quantitative estimate of drug-likeness (QED) is 0.745. The maximum absolute atomic E-state index is 5.89. The zero-order valence-electron chi connectivity index (χ0n) is 8.18. The van der Waals surface area contributed by atoms with E-state index in [4.69, 9.17) is 17.3 Å². The highest BCUT2D eigenvalue weighted by Gasteiger charge is 2.00. The molecular weight excluding hydrogens is 210 g/mol. The first-order valence-corrected chi connectivity index (χ1v) is 4.98. The smallest absolute Gasteiger partial charge is 0.0889 e. The second kappa shape index (κ2) is 3.87. The van der Waals surface area contributed by atoms with Crippen LogP contribution in [-0.2, 0) is 6.54 Å². The Morgan fingerprint density at radius 2 is 2.27 bits per heavy atom. The maximum Gasteiger partial charge on any atom is 0.0889 e. The van der Waals surface area contributed by atoms with Gasteiger partial charge in [0.25, 0.3) is 0 Å². The summed E-state index contributed by atoms with van der Waals surface area (Å²) in [7, 11) is 0. The van der Waals surface area contributed by atoms with Crippen molar-refractivity contribution in [3.8, 4) is 0 Å². The molecule has 0 spiro atoms. The minimum Gasteiger partial charge on any atom is -0.386 e. The molecule has 1 aromatic heterocycles. The second-order valence-corrected chi connectivity index (χ2v) is 3.84. The van der Waals surface area contributed by atoms with Gasteiger partial charge in [0.15, 0.2) is 0 Å². The lowest BCUT2D eigenvalue weighted by molar-refractivity contribution is 0.788. The number of nitrogens with one attached hydrogen (secondary N) is 2. The van der Waals surface area contributed by atoms with Crippen molar-refractivity contribution in [1.82, 2.24) is 10.3 Å². The van der Waals surface area contributed by atoms with Crippen LogP contribution in [0.15, 0.2) is 36.7 Å². The van der Waals surface area contributed by atoms with Gasteiger partial charge in [0.2, 0.25) is 0 Å². The lowest BCUT2D eigenvalue weighted by Crippen LogP contribution is -2.18. The van der Waals surface area contributed by atoms with Crippen LogP contribution < -0.4 is 11.1 Å². The highest BCUT2D eigenvalue weighted by atomic mass is 35.5. The van der Waals surface area contributed by atoms with Crippen LogP contribution >= 0.6 is 11.6 Å². The molecule has 0 saturated heterocycles. The zero-order valence-corrected chi connectivity index (χ0v) is 8.93. The summed E-state index contributed by atoms with van der Waals surface area (Å²) in [6.07, 6.45) is 0. The van der Waals surface area contributed by atoms with Crippen molar-refractivity contribution in [3.05, 3.63) is 47.4 Å². The molecule has 0 saturated carbocycles. The van der Waals surface area contributed by atoms with E-state index in [0.29, 0.717) is 12.4 Å². The molecule has 1 heterocycles. The summed E-state index contributed by atoms with van der Waals surface area (Å²) < 4.78 is 0. The monoisotopic (exact) mass is 221 g/mol. The van der Waals surface area contributed by atoms with Crippen molar-refractivity contribution < 1.29 is 0 Å². The van der Waals surface area contributed by atoms with E-state index >= 15 is 0 Å². The number of benzene rings is 1. The summed E-state index contributed by atoms with van der Waals surface area (Å²) in [6.45, 7) is 4.21. The normalized spacial score (nSPS) is 10.5. The number of aromatic nitrogens is 1. The molecule has 1 aromatic carbocycles. The van der Waals surface area contributed by atoms with Gasteiger partial charge >= 0.3 is 0 Å². The lowest BCUT2D eigenvalue weighted by Gasteiger charge is -2.01. The van der Waals surface area contributed by atoms with Gasteiger partial charge in [-0.15, -0.1) is 0 Å². The number of hydrogen-bond acceptors (Lipinski definition) is 2. The van der Waals surface area contributed by atoms with E-state index in [1.807, 2.05) is 24.3 Å². The first-order chi connectivity index (χ1) is 7.15. The predicted molar refractivity (Wildman–Crippen MR) is 63.5 cm³/mol. The third kappa shape index (κ3) is 2.25. The van der Waals surface area contributed by atoms with Crippen LogP contribution in [0.4, 0.5) is 0 Å². The Bertz CT molecular complexity index is 502. The first-order valence-electron chi connectivity index (χ1n) is 4.60. The summed E-state index contributed by atoms with van der Waals surface area (Å²) >= 11 is 5.89. The summed E-state index contributed by atoms with van der Waals surface area (Å²) in [5, 5.41) is 4.80. The zero-order chi connectivity index (χ0) is 10.8. The highest BCUT2D eigenvalue weighted by Crippen LogP contribution is 2.19. The average molecular weight is 222 g/mol. The number of fused-ring (bicyclic) bond motifs is 1. The minimum atomic E-state index is 0.465. The van der Waals surface area contributed by atoms with Gasteiger partial charge < -0.3 is 16.0 Å². The van der Waals surface area contributed by atoms with Gasteiger partial charge in [0.05, 0.1) is 12.4 Å². The van der Waals surface area contributed by atoms with Gasteiger partial charge in [0, 0.05) is 21.6 Å². The molecule has 0 aliphatic rings. The number of nitrogens with two attached hydrogens (primary N) is 1. The van der Waals surface area contributed by atoms with Crippen LogP contribution in [-0.4, -0.2) is 4.98 Å². The first kappa shape index (κ1) is 9.93. The largest absolute Gasteiger partial charge is 0.386 e. The molecule has 0 radical (unpaired) electrons. The van der Waals surface area contributed by atoms with Crippen molar-refractivity contribution in [2.24, 2.45) is 5.73 Å². The molecule has 0 atom stereocenters. The molecule has 3 nitrogen and oxygen atoms in total. The van der Waals surface area contributed by atoms with E-state index in [-0.39, 0.29) is 0 Å². The van der Waals surface area contributed by atoms with Crippen molar-refractivity contribution in [3.63, 3.8) is 0 Å². The Morgan fingerprint density at radius 3 is 3.00 bits per heavy atom. The Balaban J connectivity index is 2.27. The summed E-state index contributed by atoms with van der Waals surface area (Å²) in [5.41, 5.74) is 7.54. The Hall–Kier alpha value is -1.61. The van der Waals surface area contributed by atoms with E-state index in [1.54, 1.807) is 0 Å². The summed E-state index contributed by atoms with van der Waals surface area (Å²) in [4.78, 5) is 3.26. The van der Waals surface area contributed by atoms with Crippen LogP contribution in [0.25, 0.3) is 10.9 Å². The van der Waals surface area contributed by atoms with Crippen molar-refractivity contribution in [1.29, 1.82) is 0 Å². The van der Waals surface area contributed by atoms with E-state index in [0.717, 1.165) is 21.6 Å². The number of rotatable bonds is 3. The molecular formula is C11H12ClN3. The van der Waals surface area contributed by atoms with Gasteiger partial charge in [-0.05, 0) is 24.3 Å². The van der Waals surface area contributed by atoms with Crippen LogP contribution in [0.5, 0.6) is 0 Å². The Morgan fingerprint density at radius 1 is 1.47 bits per heavy atom. The fourth-order valence-corrected chi connectivity index (χ4v) is 1.65. The lowest BCUT2D eigenvalue weighted by atomic mass is 10.2. The summed E-state index contributed by atoms with van der Waals surface area (Å²) in [5.74, 6) is 0.465. The van der Waals surface area contributed by atoms with Crippen LogP contribution in [0, 0.1) is 0 Å². The van der Waals surface area contributed by atoms with E-state index < -0.39 is 0 Å². The van der Waals surface area contributed by atoms with E-state index in [2.05, 4.69) is 16.9 Å². The molecule has 2 rings (SSSR count). The van der Waals surface area contributed by atoms with Gasteiger partial charge in [-0.3, -0.25) is 0 Å². The molecule has 4 N–H and O–H groups in total. The van der Waals surface area contributed by atoms with Gasteiger partial charge in [0.1, 0.15) is 0 Å². The van der Waals surface area contributed by atoms with E-state index in [9.17, 15) is 0 Å². The number of halogens is 1. The van der Waals surface area contributed by atoms with Crippen molar-refractivity contribution in [2.75, 3.05) is 0 Å². The Kier molecular flexibility index (Phi) is 2.56. The third-order valence-electron chi connectivity index (χ3n) is 2.14. The van der Waals surface area contributed by atoms with Gasteiger partial charge in [-0.25, -0.2) is 0 Å². The molecule has 0 amide bonds. The van der Waals surface area contributed by atoms with Crippen LogP contribution in [0.1, 0.15) is 5.69 Å². The van der Waals surface area contributed by atoms with Crippen molar-refractivity contribution in [2.45, 2.75) is 6.54 Å². The molecule has 0 aliphatic heterocycles. The average Bonchev–Trinajstić information content (AvgIpc) is 2.56. The SMILES string of the molecule is C=C(N)NCc1cc2cc(Cl)ccc2[nH]1. The third-order valence-corrected chi connectivity index (χ3v) is 2.38. The Labute approximate surface area is 92.9 Å². The molecule has 0 fully saturated rings. The van der Waals surface area contributed by atoms with Crippen LogP contribution in [0.3, 0.4) is 0 Å².